The second kappa shape index (κ2) is 5.95. The van der Waals surface area contributed by atoms with Crippen molar-refractivity contribution >= 4 is 5.69 Å². The van der Waals surface area contributed by atoms with Crippen LogP contribution in [0, 0.1) is 19.7 Å². The summed E-state index contributed by atoms with van der Waals surface area (Å²) < 4.78 is 18.6. The quantitative estimate of drug-likeness (QED) is 0.877. The van der Waals surface area contributed by atoms with Gasteiger partial charge < -0.3 is 10.1 Å². The fraction of sp³-hybridized carbons (Fsp3) is 0.294. The van der Waals surface area contributed by atoms with Crippen molar-refractivity contribution < 1.29 is 9.13 Å². The molecule has 1 unspecified atom stereocenters. The molecular formula is C17H20FNO. The van der Waals surface area contributed by atoms with Crippen LogP contribution in [0.25, 0.3) is 0 Å². The lowest BCUT2D eigenvalue weighted by Crippen LogP contribution is -2.07. The third-order valence-electron chi connectivity index (χ3n) is 3.57. The first-order chi connectivity index (χ1) is 9.51. The van der Waals surface area contributed by atoms with Crippen LogP contribution in [0.5, 0.6) is 5.75 Å². The van der Waals surface area contributed by atoms with Crippen LogP contribution < -0.4 is 10.1 Å². The number of methoxy groups -OCH3 is 1. The Bertz CT molecular complexity index is 610. The van der Waals surface area contributed by atoms with E-state index in [0.29, 0.717) is 0 Å². The molecule has 2 rings (SSSR count). The molecule has 0 aromatic heterocycles. The van der Waals surface area contributed by atoms with E-state index >= 15 is 0 Å². The van der Waals surface area contributed by atoms with Crippen LogP contribution in [0.15, 0.2) is 36.4 Å². The van der Waals surface area contributed by atoms with E-state index in [4.69, 9.17) is 4.74 Å². The zero-order valence-electron chi connectivity index (χ0n) is 12.3. The molecule has 1 N–H and O–H groups in total. The second-order valence-corrected chi connectivity index (χ2v) is 5.06. The number of hydrogen-bond donors (Lipinski definition) is 1. The average molecular weight is 273 g/mol. The minimum absolute atomic E-state index is 0.113. The maximum atomic E-state index is 13.7. The Balaban J connectivity index is 2.16. The van der Waals surface area contributed by atoms with Crippen molar-refractivity contribution in [3.63, 3.8) is 0 Å². The van der Waals surface area contributed by atoms with E-state index in [1.165, 1.54) is 29.9 Å². The summed E-state index contributed by atoms with van der Waals surface area (Å²) in [6, 6.07) is 11.4. The van der Waals surface area contributed by atoms with E-state index in [9.17, 15) is 4.39 Å². The molecule has 0 fully saturated rings. The van der Waals surface area contributed by atoms with Gasteiger partial charge in [0.1, 0.15) is 0 Å². The van der Waals surface area contributed by atoms with E-state index in [1.54, 1.807) is 6.07 Å². The SMILES string of the molecule is COc1ccc(NC(C)c2ccc(C)c(C)c2)cc1F. The predicted octanol–water partition coefficient (Wildman–Crippen LogP) is 4.62. The number of anilines is 1. The lowest BCUT2D eigenvalue weighted by Gasteiger charge is -2.17. The topological polar surface area (TPSA) is 21.3 Å². The van der Waals surface area contributed by atoms with Gasteiger partial charge in [0.15, 0.2) is 11.6 Å². The van der Waals surface area contributed by atoms with E-state index < -0.39 is 0 Å². The maximum absolute atomic E-state index is 13.7. The third kappa shape index (κ3) is 3.10. The number of rotatable bonds is 4. The van der Waals surface area contributed by atoms with Gasteiger partial charge >= 0.3 is 0 Å². The van der Waals surface area contributed by atoms with Crippen LogP contribution in [0.3, 0.4) is 0 Å². The highest BCUT2D eigenvalue weighted by molar-refractivity contribution is 5.49. The van der Waals surface area contributed by atoms with E-state index in [-0.39, 0.29) is 17.6 Å². The van der Waals surface area contributed by atoms with Crippen molar-refractivity contribution in [2.24, 2.45) is 0 Å². The number of benzene rings is 2. The molecule has 1 atom stereocenters. The molecule has 106 valence electrons. The normalized spacial score (nSPS) is 12.1. The van der Waals surface area contributed by atoms with Crippen LogP contribution in [0.1, 0.15) is 29.7 Å². The van der Waals surface area contributed by atoms with Gasteiger partial charge in [0, 0.05) is 17.8 Å². The summed E-state index contributed by atoms with van der Waals surface area (Å²) in [6.45, 7) is 6.25. The van der Waals surface area contributed by atoms with Crippen LogP contribution in [0.4, 0.5) is 10.1 Å². The summed E-state index contributed by atoms with van der Waals surface area (Å²) >= 11 is 0. The summed E-state index contributed by atoms with van der Waals surface area (Å²) in [5.41, 5.74) is 4.46. The van der Waals surface area contributed by atoms with Crippen molar-refractivity contribution in [3.8, 4) is 5.75 Å². The zero-order chi connectivity index (χ0) is 14.7. The Hall–Kier alpha value is -2.03. The molecule has 0 aliphatic carbocycles. The number of nitrogens with one attached hydrogen (secondary N) is 1. The Labute approximate surface area is 119 Å². The van der Waals surface area contributed by atoms with Gasteiger partial charge in [0.2, 0.25) is 0 Å². The highest BCUT2D eigenvalue weighted by Crippen LogP contribution is 2.25. The number of aryl methyl sites for hydroxylation is 2. The molecule has 0 spiro atoms. The molecule has 0 amide bonds. The minimum Gasteiger partial charge on any atom is -0.494 e. The van der Waals surface area contributed by atoms with Crippen LogP contribution in [-0.2, 0) is 0 Å². The molecule has 0 bridgehead atoms. The van der Waals surface area contributed by atoms with Gasteiger partial charge in [-0.1, -0.05) is 18.2 Å². The maximum Gasteiger partial charge on any atom is 0.167 e. The Kier molecular flexibility index (Phi) is 4.28. The lowest BCUT2D eigenvalue weighted by molar-refractivity contribution is 0.386. The summed E-state index contributed by atoms with van der Waals surface area (Å²) in [4.78, 5) is 0. The monoisotopic (exact) mass is 273 g/mol. The summed E-state index contributed by atoms with van der Waals surface area (Å²) in [5, 5.41) is 3.30. The standard InChI is InChI=1S/C17H20FNO/c1-11-5-6-14(9-12(11)2)13(3)19-15-7-8-17(20-4)16(18)10-15/h5-10,13,19H,1-4H3. The predicted molar refractivity (Wildman–Crippen MR) is 80.9 cm³/mol. The van der Waals surface area contributed by atoms with Gasteiger partial charge in [-0.05, 0) is 49.6 Å². The van der Waals surface area contributed by atoms with Gasteiger partial charge in [-0.2, -0.15) is 0 Å². The highest BCUT2D eigenvalue weighted by atomic mass is 19.1. The molecule has 20 heavy (non-hydrogen) atoms. The highest BCUT2D eigenvalue weighted by Gasteiger charge is 2.08. The summed E-state index contributed by atoms with van der Waals surface area (Å²) in [5.74, 6) is -0.0980. The van der Waals surface area contributed by atoms with Gasteiger partial charge in [-0.15, -0.1) is 0 Å². The van der Waals surface area contributed by atoms with Gasteiger partial charge in [-0.3, -0.25) is 0 Å². The fourth-order valence-electron chi connectivity index (χ4n) is 2.12. The molecule has 0 saturated carbocycles. The molecule has 2 nitrogen and oxygen atoms in total. The van der Waals surface area contributed by atoms with E-state index in [2.05, 4.69) is 44.3 Å². The van der Waals surface area contributed by atoms with Crippen molar-refractivity contribution in [2.45, 2.75) is 26.8 Å². The number of ether oxygens (including phenoxy) is 1. The summed E-state index contributed by atoms with van der Waals surface area (Å²) in [7, 11) is 1.46. The molecule has 0 radical (unpaired) electrons. The first-order valence-corrected chi connectivity index (χ1v) is 6.68. The molecule has 0 heterocycles. The fourth-order valence-corrected chi connectivity index (χ4v) is 2.12. The average Bonchev–Trinajstić information content (AvgIpc) is 2.42. The van der Waals surface area contributed by atoms with Crippen molar-refractivity contribution in [3.05, 3.63) is 58.9 Å². The van der Waals surface area contributed by atoms with Gasteiger partial charge in [0.25, 0.3) is 0 Å². The van der Waals surface area contributed by atoms with Crippen LogP contribution in [-0.4, -0.2) is 7.11 Å². The van der Waals surface area contributed by atoms with E-state index in [0.717, 1.165) is 5.69 Å². The molecule has 3 heteroatoms. The van der Waals surface area contributed by atoms with Crippen LogP contribution in [0.2, 0.25) is 0 Å². The zero-order valence-corrected chi connectivity index (χ0v) is 12.3. The summed E-state index contributed by atoms with van der Waals surface area (Å²) in [6.07, 6.45) is 0. The molecule has 0 saturated heterocycles. The Morgan fingerprint density at radius 2 is 1.80 bits per heavy atom. The Morgan fingerprint density at radius 1 is 1.05 bits per heavy atom. The first-order valence-electron chi connectivity index (χ1n) is 6.68. The molecule has 0 aliphatic rings. The number of hydrogen-bond acceptors (Lipinski definition) is 2. The van der Waals surface area contributed by atoms with E-state index in [1.807, 2.05) is 6.07 Å². The first kappa shape index (κ1) is 14.4. The lowest BCUT2D eigenvalue weighted by atomic mass is 10.0. The van der Waals surface area contributed by atoms with Gasteiger partial charge in [0.05, 0.1) is 7.11 Å². The molecular weight excluding hydrogens is 253 g/mol. The second-order valence-electron chi connectivity index (χ2n) is 5.06. The largest absolute Gasteiger partial charge is 0.494 e. The van der Waals surface area contributed by atoms with Crippen molar-refractivity contribution in [1.82, 2.24) is 0 Å². The molecule has 2 aromatic rings. The van der Waals surface area contributed by atoms with Crippen LogP contribution >= 0.6 is 0 Å². The smallest absolute Gasteiger partial charge is 0.167 e. The van der Waals surface area contributed by atoms with Gasteiger partial charge in [-0.25, -0.2) is 4.39 Å². The Morgan fingerprint density at radius 3 is 2.40 bits per heavy atom. The molecule has 0 aliphatic heterocycles. The van der Waals surface area contributed by atoms with Crippen molar-refractivity contribution in [2.75, 3.05) is 12.4 Å². The number of halogens is 1. The molecule has 2 aromatic carbocycles. The minimum atomic E-state index is -0.357. The van der Waals surface area contributed by atoms with Crippen molar-refractivity contribution in [1.29, 1.82) is 0 Å². The third-order valence-corrected chi connectivity index (χ3v) is 3.57.